The average Bonchev–Trinajstić information content (AvgIpc) is 3.26. The van der Waals surface area contributed by atoms with Crippen LogP contribution in [0.15, 0.2) is 91.0 Å². The minimum Gasteiger partial charge on any atom is -0.272 e. The summed E-state index contributed by atoms with van der Waals surface area (Å²) >= 11 is 12.6. The van der Waals surface area contributed by atoms with E-state index in [-0.39, 0.29) is 29.0 Å². The monoisotopic (exact) mass is 597 g/mol. The number of amides is 3. The van der Waals surface area contributed by atoms with Gasteiger partial charge in [-0.25, -0.2) is 5.01 Å². The van der Waals surface area contributed by atoms with Gasteiger partial charge in [0, 0.05) is 27.9 Å². The van der Waals surface area contributed by atoms with E-state index in [1.807, 2.05) is 48.5 Å². The van der Waals surface area contributed by atoms with E-state index in [0.29, 0.717) is 10.6 Å². The fourth-order valence-corrected chi connectivity index (χ4v) is 7.37. The summed E-state index contributed by atoms with van der Waals surface area (Å²) in [5.41, 5.74) is 3.68. The molecule has 0 saturated carbocycles. The Hall–Kier alpha value is -4.53. The number of halogens is 2. The van der Waals surface area contributed by atoms with Crippen molar-refractivity contribution in [3.8, 4) is 0 Å². The first kappa shape index (κ1) is 26.4. The van der Waals surface area contributed by atoms with Gasteiger partial charge >= 0.3 is 0 Å². The van der Waals surface area contributed by atoms with E-state index < -0.39 is 40.2 Å². The number of hydrazine groups is 1. The molecule has 0 spiro atoms. The maximum absolute atomic E-state index is 14.4. The van der Waals surface area contributed by atoms with Gasteiger partial charge < -0.3 is 0 Å². The van der Waals surface area contributed by atoms with E-state index in [4.69, 9.17) is 23.2 Å². The number of nitro benzene ring substituents is 1. The molecule has 4 aromatic carbocycles. The van der Waals surface area contributed by atoms with Crippen LogP contribution < -0.4 is 0 Å². The van der Waals surface area contributed by atoms with Gasteiger partial charge in [-0.05, 0) is 46.0 Å². The normalized spacial score (nSPS) is 21.5. The molecular weight excluding hydrogens is 577 g/mol. The standard InChI is InChI=1S/C32H21Cl2N3O5/c33-18-14-13-17(24(34)15-18)16-35(30(38)23-11-5-6-12-25(23)37(41)42)36-31(39)28-26-19-7-1-2-8-20(19)27(29(28)32(36)40)22-10-4-3-9-21(22)26/h1-15,26-29H,16H2/t26?,27?,28-,29+. The Morgan fingerprint density at radius 3 is 1.79 bits per heavy atom. The molecule has 42 heavy (non-hydrogen) atoms. The molecule has 0 aromatic heterocycles. The van der Waals surface area contributed by atoms with Crippen molar-refractivity contribution in [1.82, 2.24) is 10.0 Å². The minimum atomic E-state index is -0.865. The highest BCUT2D eigenvalue weighted by Crippen LogP contribution is 2.61. The van der Waals surface area contributed by atoms with Crippen LogP contribution in [0.3, 0.4) is 0 Å². The van der Waals surface area contributed by atoms with Crippen LogP contribution in [0, 0.1) is 22.0 Å². The largest absolute Gasteiger partial charge is 0.282 e. The van der Waals surface area contributed by atoms with Crippen molar-refractivity contribution in [2.45, 2.75) is 18.4 Å². The third-order valence-corrected chi connectivity index (χ3v) is 9.15. The molecule has 4 aromatic rings. The third kappa shape index (κ3) is 3.79. The molecule has 2 bridgehead atoms. The van der Waals surface area contributed by atoms with Crippen molar-refractivity contribution in [3.05, 3.63) is 145 Å². The quantitative estimate of drug-likeness (QED) is 0.151. The second kappa shape index (κ2) is 9.79. The molecule has 10 heteroatoms. The zero-order chi connectivity index (χ0) is 29.3. The number of para-hydroxylation sites is 1. The highest BCUT2D eigenvalue weighted by Gasteiger charge is 2.63. The molecule has 1 aliphatic heterocycles. The van der Waals surface area contributed by atoms with Crippen LogP contribution in [0.1, 0.15) is 50.0 Å². The highest BCUT2D eigenvalue weighted by molar-refractivity contribution is 6.35. The summed E-state index contributed by atoms with van der Waals surface area (Å²) in [5, 5.41) is 14.3. The summed E-state index contributed by atoms with van der Waals surface area (Å²) in [4.78, 5) is 54.2. The van der Waals surface area contributed by atoms with Gasteiger partial charge in [0.15, 0.2) is 0 Å². The van der Waals surface area contributed by atoms with E-state index in [1.165, 1.54) is 30.3 Å². The van der Waals surface area contributed by atoms with Crippen LogP contribution in [0.4, 0.5) is 5.69 Å². The molecule has 8 nitrogen and oxygen atoms in total. The fourth-order valence-electron chi connectivity index (χ4n) is 6.90. The van der Waals surface area contributed by atoms with Gasteiger partial charge in [0.1, 0.15) is 5.56 Å². The highest BCUT2D eigenvalue weighted by atomic mass is 35.5. The third-order valence-electron chi connectivity index (χ3n) is 8.57. The molecule has 4 aliphatic rings. The zero-order valence-corrected chi connectivity index (χ0v) is 23.3. The second-order valence-electron chi connectivity index (χ2n) is 10.6. The number of rotatable bonds is 5. The lowest BCUT2D eigenvalue weighted by Gasteiger charge is -2.45. The van der Waals surface area contributed by atoms with Crippen LogP contribution in [0.2, 0.25) is 10.0 Å². The number of nitro groups is 1. The summed E-state index contributed by atoms with van der Waals surface area (Å²) < 4.78 is 0. The van der Waals surface area contributed by atoms with E-state index in [9.17, 15) is 24.5 Å². The topological polar surface area (TPSA) is 101 Å². The van der Waals surface area contributed by atoms with E-state index in [1.54, 1.807) is 12.1 Å². The van der Waals surface area contributed by atoms with Crippen molar-refractivity contribution < 1.29 is 19.3 Å². The number of benzene rings is 4. The van der Waals surface area contributed by atoms with E-state index in [0.717, 1.165) is 32.3 Å². The first-order valence-corrected chi connectivity index (χ1v) is 14.1. The number of imide groups is 1. The Labute approximate surface area is 250 Å². The SMILES string of the molecule is O=C(c1ccccc1[N+](=O)[O-])N(Cc1ccc(Cl)cc1Cl)N1C(=O)[C@@H]2C3c4ccccc4C(c4ccccc43)[C@@H]2C1=O. The summed E-state index contributed by atoms with van der Waals surface area (Å²) in [6.45, 7) is -0.285. The second-order valence-corrected chi connectivity index (χ2v) is 11.5. The minimum absolute atomic E-state index is 0.222. The summed E-state index contributed by atoms with van der Waals surface area (Å²) in [7, 11) is 0. The van der Waals surface area contributed by atoms with Gasteiger partial charge in [0.2, 0.25) is 0 Å². The summed E-state index contributed by atoms with van der Waals surface area (Å²) in [6, 6.07) is 25.8. The lowest BCUT2D eigenvalue weighted by molar-refractivity contribution is -0.385. The molecule has 0 unspecified atom stereocenters. The molecule has 3 amide bonds. The maximum atomic E-state index is 14.4. The Bertz CT molecular complexity index is 1730. The fraction of sp³-hybridized carbons (Fsp3) is 0.156. The smallest absolute Gasteiger partial charge is 0.272 e. The van der Waals surface area contributed by atoms with Gasteiger partial charge in [0.25, 0.3) is 23.4 Å². The van der Waals surface area contributed by atoms with Crippen LogP contribution in [0.5, 0.6) is 0 Å². The predicted molar refractivity (Wildman–Crippen MR) is 155 cm³/mol. The van der Waals surface area contributed by atoms with Crippen LogP contribution in [-0.2, 0) is 16.1 Å². The number of carbonyl (C=O) groups excluding carboxylic acids is 3. The van der Waals surface area contributed by atoms with Gasteiger partial charge in [-0.15, -0.1) is 0 Å². The molecule has 1 fully saturated rings. The molecule has 2 atom stereocenters. The Balaban J connectivity index is 1.38. The van der Waals surface area contributed by atoms with E-state index in [2.05, 4.69) is 0 Å². The molecule has 0 N–H and O–H groups in total. The maximum Gasteiger partial charge on any atom is 0.282 e. The predicted octanol–water partition coefficient (Wildman–Crippen LogP) is 6.35. The Morgan fingerprint density at radius 1 is 0.786 bits per heavy atom. The van der Waals surface area contributed by atoms with Crippen molar-refractivity contribution in [3.63, 3.8) is 0 Å². The molecule has 3 aliphatic carbocycles. The van der Waals surface area contributed by atoms with Gasteiger partial charge in [0.05, 0.1) is 23.3 Å². The number of hydrogen-bond acceptors (Lipinski definition) is 5. The molecule has 208 valence electrons. The summed E-state index contributed by atoms with van der Waals surface area (Å²) in [6.07, 6.45) is 0. The average molecular weight is 598 g/mol. The first-order valence-electron chi connectivity index (χ1n) is 13.3. The van der Waals surface area contributed by atoms with Crippen molar-refractivity contribution in [2.24, 2.45) is 11.8 Å². The van der Waals surface area contributed by atoms with Crippen LogP contribution in [0.25, 0.3) is 0 Å². The van der Waals surface area contributed by atoms with Crippen molar-refractivity contribution >= 4 is 46.6 Å². The number of hydrogen-bond donors (Lipinski definition) is 0. The van der Waals surface area contributed by atoms with Crippen LogP contribution in [-0.4, -0.2) is 32.7 Å². The Kier molecular flexibility index (Phi) is 6.15. The van der Waals surface area contributed by atoms with Crippen molar-refractivity contribution in [2.75, 3.05) is 0 Å². The zero-order valence-electron chi connectivity index (χ0n) is 21.8. The van der Waals surface area contributed by atoms with Crippen LogP contribution >= 0.6 is 23.2 Å². The Morgan fingerprint density at radius 2 is 1.29 bits per heavy atom. The molecule has 1 heterocycles. The molecule has 0 radical (unpaired) electrons. The molecular formula is C32H21Cl2N3O5. The number of carbonyl (C=O) groups is 3. The molecule has 1 saturated heterocycles. The summed E-state index contributed by atoms with van der Waals surface area (Å²) in [5.74, 6) is -4.16. The van der Waals surface area contributed by atoms with Crippen molar-refractivity contribution in [1.29, 1.82) is 0 Å². The first-order chi connectivity index (χ1) is 20.3. The number of nitrogens with zero attached hydrogens (tertiary/aromatic N) is 3. The lowest BCUT2D eigenvalue weighted by Crippen LogP contribution is -2.50. The van der Waals surface area contributed by atoms with Gasteiger partial charge in [-0.3, -0.25) is 24.5 Å². The molecule has 8 rings (SSSR count). The van der Waals surface area contributed by atoms with E-state index >= 15 is 0 Å². The van der Waals surface area contributed by atoms with Gasteiger partial charge in [-0.1, -0.05) is 89.9 Å². The van der Waals surface area contributed by atoms with Gasteiger partial charge in [-0.2, -0.15) is 5.01 Å². The lowest BCUT2D eigenvalue weighted by atomic mass is 9.55.